The van der Waals surface area contributed by atoms with Crippen LogP contribution in [-0.2, 0) is 15.1 Å². The Balaban J connectivity index is 1.45. The van der Waals surface area contributed by atoms with Crippen molar-refractivity contribution in [1.82, 2.24) is 14.9 Å². The first kappa shape index (κ1) is 27.5. The van der Waals surface area contributed by atoms with E-state index in [1.807, 2.05) is 97.9 Å². The summed E-state index contributed by atoms with van der Waals surface area (Å²) in [6, 6.07) is 29.6. The molecule has 2 heterocycles. The average Bonchev–Trinajstić information content (AvgIpc) is 3.52. The summed E-state index contributed by atoms with van der Waals surface area (Å²) < 4.78 is 14.3. The molecule has 0 unspecified atom stereocenters. The Morgan fingerprint density at radius 2 is 1.48 bits per heavy atom. The molecule has 40 heavy (non-hydrogen) atoms. The number of carbonyl (C=O) groups is 1. The Labute approximate surface area is 233 Å². The van der Waals surface area contributed by atoms with Gasteiger partial charge in [-0.1, -0.05) is 97.9 Å². The smallest absolute Gasteiger partial charge is 0.273 e. The molecule has 9 heteroatoms. The predicted octanol–water partition coefficient (Wildman–Crippen LogP) is 3.23. The molecule has 1 aromatic heterocycles. The molecular weight excluding hydrogens is 508 g/mol. The van der Waals surface area contributed by atoms with Crippen LogP contribution in [0.4, 0.5) is 5.82 Å². The van der Waals surface area contributed by atoms with E-state index in [9.17, 15) is 15.0 Å². The molecule has 0 radical (unpaired) electrons. The summed E-state index contributed by atoms with van der Waals surface area (Å²) in [6.07, 6.45) is -2.44. The molecule has 1 fully saturated rings. The number of ether oxygens (including phenoxy) is 2. The van der Waals surface area contributed by atoms with Gasteiger partial charge in [0, 0.05) is 6.54 Å². The molecule has 3 aromatic carbocycles. The number of nitrogens with two attached hydrogens (primary N) is 1. The molecule has 1 aliphatic heterocycles. The highest BCUT2D eigenvalue weighted by Crippen LogP contribution is 2.42. The van der Waals surface area contributed by atoms with Crippen molar-refractivity contribution in [3.8, 4) is 0 Å². The summed E-state index contributed by atoms with van der Waals surface area (Å²) in [7, 11) is 0. The van der Waals surface area contributed by atoms with Crippen LogP contribution in [0.2, 0.25) is 0 Å². The first-order chi connectivity index (χ1) is 19.5. The van der Waals surface area contributed by atoms with Crippen molar-refractivity contribution in [2.75, 3.05) is 18.9 Å². The van der Waals surface area contributed by atoms with Crippen molar-refractivity contribution in [3.05, 3.63) is 120 Å². The Morgan fingerprint density at radius 1 is 0.950 bits per heavy atom. The van der Waals surface area contributed by atoms with Crippen LogP contribution in [-0.4, -0.2) is 57.1 Å². The second kappa shape index (κ2) is 12.0. The Kier molecular flexibility index (Phi) is 8.27. The van der Waals surface area contributed by atoms with Crippen molar-refractivity contribution in [2.24, 2.45) is 0 Å². The van der Waals surface area contributed by atoms with Crippen LogP contribution in [0.25, 0.3) is 0 Å². The largest absolute Gasteiger partial charge is 0.387 e. The SMILES string of the molecule is CCCNC(=O)c1ncn([C@@H]2O[C@H](COC(c3ccccc3)(c3ccccc3)c3ccccc3)[C@@H](O)[C@H]2O)c1N. The molecule has 4 atom stereocenters. The zero-order chi connectivity index (χ0) is 28.1. The van der Waals surface area contributed by atoms with Gasteiger partial charge in [0.05, 0.1) is 12.9 Å². The number of nitrogen functional groups attached to an aromatic ring is 1. The molecule has 0 spiro atoms. The van der Waals surface area contributed by atoms with Crippen LogP contribution in [0.5, 0.6) is 0 Å². The molecule has 0 saturated carbocycles. The highest BCUT2D eigenvalue weighted by molar-refractivity contribution is 5.96. The number of aliphatic hydroxyl groups is 2. The second-order valence-electron chi connectivity index (χ2n) is 9.78. The quantitative estimate of drug-likeness (QED) is 0.226. The van der Waals surface area contributed by atoms with Gasteiger partial charge in [0.1, 0.15) is 29.7 Å². The van der Waals surface area contributed by atoms with Crippen molar-refractivity contribution in [3.63, 3.8) is 0 Å². The zero-order valence-corrected chi connectivity index (χ0v) is 22.3. The number of benzene rings is 3. The topological polar surface area (TPSA) is 132 Å². The molecule has 208 valence electrons. The van der Waals surface area contributed by atoms with Gasteiger partial charge in [-0.3, -0.25) is 9.36 Å². The number of nitrogens with one attached hydrogen (secondary N) is 1. The number of aromatic nitrogens is 2. The van der Waals surface area contributed by atoms with Gasteiger partial charge in [-0.15, -0.1) is 0 Å². The fourth-order valence-corrected chi connectivity index (χ4v) is 5.14. The Bertz CT molecular complexity index is 1300. The van der Waals surface area contributed by atoms with Crippen LogP contribution >= 0.6 is 0 Å². The molecule has 5 N–H and O–H groups in total. The highest BCUT2D eigenvalue weighted by atomic mass is 16.6. The number of amides is 1. The molecule has 0 aliphatic carbocycles. The summed E-state index contributed by atoms with van der Waals surface area (Å²) in [6.45, 7) is 2.38. The van der Waals surface area contributed by atoms with E-state index in [0.717, 1.165) is 23.1 Å². The molecule has 4 aromatic rings. The van der Waals surface area contributed by atoms with E-state index in [1.165, 1.54) is 10.9 Å². The lowest BCUT2D eigenvalue weighted by Crippen LogP contribution is -2.39. The maximum atomic E-state index is 12.4. The first-order valence-corrected chi connectivity index (χ1v) is 13.4. The predicted molar refractivity (Wildman–Crippen MR) is 150 cm³/mol. The van der Waals surface area contributed by atoms with E-state index >= 15 is 0 Å². The van der Waals surface area contributed by atoms with Gasteiger partial charge in [-0.05, 0) is 23.1 Å². The van der Waals surface area contributed by atoms with Gasteiger partial charge < -0.3 is 30.7 Å². The Hall–Kier alpha value is -4.02. The second-order valence-corrected chi connectivity index (χ2v) is 9.78. The molecule has 1 saturated heterocycles. The number of hydrogen-bond donors (Lipinski definition) is 4. The highest BCUT2D eigenvalue weighted by Gasteiger charge is 2.47. The average molecular weight is 543 g/mol. The normalized spacial score (nSPS) is 20.9. The van der Waals surface area contributed by atoms with Crippen molar-refractivity contribution >= 4 is 11.7 Å². The third-order valence-electron chi connectivity index (χ3n) is 7.20. The van der Waals surface area contributed by atoms with Crippen molar-refractivity contribution in [1.29, 1.82) is 0 Å². The lowest BCUT2D eigenvalue weighted by molar-refractivity contribution is -0.0945. The molecule has 0 bridgehead atoms. The third-order valence-corrected chi connectivity index (χ3v) is 7.20. The van der Waals surface area contributed by atoms with E-state index in [-0.39, 0.29) is 18.1 Å². The van der Waals surface area contributed by atoms with Crippen molar-refractivity contribution in [2.45, 2.75) is 43.5 Å². The lowest BCUT2D eigenvalue weighted by atomic mass is 9.80. The summed E-state index contributed by atoms with van der Waals surface area (Å²) >= 11 is 0. The monoisotopic (exact) mass is 542 g/mol. The van der Waals surface area contributed by atoms with Crippen LogP contribution in [0, 0.1) is 0 Å². The van der Waals surface area contributed by atoms with Crippen LogP contribution in [0.1, 0.15) is 46.8 Å². The van der Waals surface area contributed by atoms with Crippen LogP contribution in [0.3, 0.4) is 0 Å². The van der Waals surface area contributed by atoms with E-state index in [1.54, 1.807) is 0 Å². The molecule has 1 amide bonds. The van der Waals surface area contributed by atoms with Gasteiger partial charge in [0.25, 0.3) is 5.91 Å². The standard InChI is InChI=1S/C31H34N4O5/c1-2-18-33-29(38)25-28(32)35(20-34-25)30-27(37)26(36)24(40-30)19-39-31(21-12-6-3-7-13-21,22-14-8-4-9-15-22)23-16-10-5-11-17-23/h3-17,20,24,26-27,30,36-37H,2,18-19,32H2,1H3,(H,33,38)/t24-,26-,27-,30-/m1/s1. The fraction of sp³-hybridized carbons (Fsp3) is 0.290. The fourth-order valence-electron chi connectivity index (χ4n) is 5.14. The summed E-state index contributed by atoms with van der Waals surface area (Å²) in [5.74, 6) is -0.372. The van der Waals surface area contributed by atoms with Crippen LogP contribution in [0.15, 0.2) is 97.3 Å². The van der Waals surface area contributed by atoms with Crippen molar-refractivity contribution < 1.29 is 24.5 Å². The minimum atomic E-state index is -1.32. The maximum absolute atomic E-state index is 12.4. The number of aliphatic hydroxyl groups excluding tert-OH is 2. The number of rotatable bonds is 10. The van der Waals surface area contributed by atoms with E-state index in [4.69, 9.17) is 15.2 Å². The number of imidazole rings is 1. The molecule has 1 aliphatic rings. The zero-order valence-electron chi connectivity index (χ0n) is 22.3. The van der Waals surface area contributed by atoms with Gasteiger partial charge in [0.2, 0.25) is 0 Å². The van der Waals surface area contributed by atoms with Gasteiger partial charge in [0.15, 0.2) is 11.9 Å². The van der Waals surface area contributed by atoms with E-state index in [2.05, 4.69) is 10.3 Å². The minimum absolute atomic E-state index is 0.0367. The minimum Gasteiger partial charge on any atom is -0.387 e. The first-order valence-electron chi connectivity index (χ1n) is 13.4. The third kappa shape index (κ3) is 5.12. The molecule has 9 nitrogen and oxygen atoms in total. The number of carbonyl (C=O) groups excluding carboxylic acids is 1. The van der Waals surface area contributed by atoms with E-state index in [0.29, 0.717) is 6.54 Å². The van der Waals surface area contributed by atoms with Gasteiger partial charge in [-0.2, -0.15) is 0 Å². The number of hydrogen-bond acceptors (Lipinski definition) is 7. The maximum Gasteiger partial charge on any atom is 0.273 e. The number of nitrogens with zero attached hydrogens (tertiary/aromatic N) is 2. The molecular formula is C31H34N4O5. The molecule has 5 rings (SSSR count). The number of anilines is 1. The van der Waals surface area contributed by atoms with E-state index < -0.39 is 36.0 Å². The summed E-state index contributed by atoms with van der Waals surface area (Å²) in [5, 5.41) is 24.7. The van der Waals surface area contributed by atoms with Crippen LogP contribution < -0.4 is 11.1 Å². The van der Waals surface area contributed by atoms with Gasteiger partial charge >= 0.3 is 0 Å². The lowest BCUT2D eigenvalue weighted by Gasteiger charge is -2.37. The Morgan fingerprint density at radius 3 is 1.98 bits per heavy atom. The van der Waals surface area contributed by atoms with Gasteiger partial charge in [-0.25, -0.2) is 4.98 Å². The summed E-state index contributed by atoms with van der Waals surface area (Å²) in [5.41, 5.74) is 7.94. The summed E-state index contributed by atoms with van der Waals surface area (Å²) in [4.78, 5) is 16.6.